The lowest BCUT2D eigenvalue weighted by molar-refractivity contribution is -0.141. The second-order valence-electron chi connectivity index (χ2n) is 4.00. The maximum atomic E-state index is 12.5. The summed E-state index contributed by atoms with van der Waals surface area (Å²) in [4.78, 5) is 3.51. The summed E-state index contributed by atoms with van der Waals surface area (Å²) in [6.45, 7) is 0.360. The Morgan fingerprint density at radius 1 is 1.11 bits per heavy atom. The number of benzene rings is 1. The summed E-state index contributed by atoms with van der Waals surface area (Å²) in [5.41, 5.74) is 6.19. The molecule has 0 fully saturated rings. The lowest BCUT2D eigenvalue weighted by Crippen LogP contribution is -2.10. The van der Waals surface area contributed by atoms with E-state index < -0.39 is 11.9 Å². The van der Waals surface area contributed by atoms with Crippen molar-refractivity contribution in [2.45, 2.75) is 12.7 Å². The van der Waals surface area contributed by atoms with Crippen molar-refractivity contribution in [1.82, 2.24) is 4.98 Å². The topological polar surface area (TPSA) is 50.9 Å². The maximum Gasteiger partial charge on any atom is 0.433 e. The van der Waals surface area contributed by atoms with Gasteiger partial charge in [-0.3, -0.25) is 0 Å². The van der Waals surface area contributed by atoms with Crippen molar-refractivity contribution in [3.05, 3.63) is 53.7 Å². The van der Waals surface area contributed by atoms with Crippen molar-refractivity contribution >= 4 is 11.5 Å². The van der Waals surface area contributed by atoms with Gasteiger partial charge in [0.1, 0.15) is 11.5 Å². The van der Waals surface area contributed by atoms with Crippen molar-refractivity contribution in [3.63, 3.8) is 0 Å². The van der Waals surface area contributed by atoms with E-state index in [9.17, 15) is 13.2 Å². The summed E-state index contributed by atoms with van der Waals surface area (Å²) in [6, 6.07) is 10.8. The molecule has 0 radical (unpaired) electrons. The van der Waals surface area contributed by atoms with E-state index in [1.807, 2.05) is 6.07 Å². The number of alkyl halides is 3. The molecule has 3 N–H and O–H groups in total. The highest BCUT2D eigenvalue weighted by atomic mass is 19.4. The molecule has 2 rings (SSSR count). The molecular formula is C13H12F3N3. The molecule has 0 saturated carbocycles. The smallest absolute Gasteiger partial charge is 0.399 e. The predicted molar refractivity (Wildman–Crippen MR) is 67.4 cm³/mol. The molecule has 1 heterocycles. The standard InChI is InChI=1S/C13H12F3N3/c14-13(15,16)11-5-2-6-12(19-11)18-8-9-3-1-4-10(17)7-9/h1-7H,8,17H2,(H,18,19). The first-order chi connectivity index (χ1) is 8.95. The molecular weight excluding hydrogens is 255 g/mol. The van der Waals surface area contributed by atoms with E-state index in [1.54, 1.807) is 18.2 Å². The largest absolute Gasteiger partial charge is 0.433 e. The molecule has 0 amide bonds. The van der Waals surface area contributed by atoms with Crippen LogP contribution in [0.15, 0.2) is 42.5 Å². The highest BCUT2D eigenvalue weighted by molar-refractivity contribution is 5.43. The second kappa shape index (κ2) is 5.17. The molecule has 1 aromatic carbocycles. The van der Waals surface area contributed by atoms with Crippen LogP contribution in [0.4, 0.5) is 24.7 Å². The van der Waals surface area contributed by atoms with Crippen LogP contribution in [-0.4, -0.2) is 4.98 Å². The van der Waals surface area contributed by atoms with E-state index in [2.05, 4.69) is 10.3 Å². The van der Waals surface area contributed by atoms with Crippen molar-refractivity contribution < 1.29 is 13.2 Å². The summed E-state index contributed by atoms with van der Waals surface area (Å²) in [5, 5.41) is 2.83. The number of pyridine rings is 1. The Morgan fingerprint density at radius 3 is 2.53 bits per heavy atom. The first kappa shape index (κ1) is 13.2. The fourth-order valence-corrected chi connectivity index (χ4v) is 1.59. The molecule has 0 aliphatic carbocycles. The molecule has 0 unspecified atom stereocenters. The lowest BCUT2D eigenvalue weighted by atomic mass is 10.2. The maximum absolute atomic E-state index is 12.5. The second-order valence-corrected chi connectivity index (χ2v) is 4.00. The third-order valence-electron chi connectivity index (χ3n) is 2.46. The molecule has 100 valence electrons. The molecule has 19 heavy (non-hydrogen) atoms. The van der Waals surface area contributed by atoms with Gasteiger partial charge in [-0.05, 0) is 29.8 Å². The van der Waals surface area contributed by atoms with Gasteiger partial charge in [0.25, 0.3) is 0 Å². The van der Waals surface area contributed by atoms with Crippen molar-refractivity contribution in [2.75, 3.05) is 11.1 Å². The molecule has 0 atom stereocenters. The summed E-state index contributed by atoms with van der Waals surface area (Å²) in [6.07, 6.45) is -4.44. The van der Waals surface area contributed by atoms with Gasteiger partial charge in [0.15, 0.2) is 0 Å². The number of nitrogens with zero attached hydrogens (tertiary/aromatic N) is 1. The SMILES string of the molecule is Nc1cccc(CNc2cccc(C(F)(F)F)n2)c1. The van der Waals surface area contributed by atoms with Gasteiger partial charge in [-0.1, -0.05) is 18.2 Å². The first-order valence-electron chi connectivity index (χ1n) is 5.58. The van der Waals surface area contributed by atoms with E-state index in [1.165, 1.54) is 12.1 Å². The zero-order valence-corrected chi connectivity index (χ0v) is 9.91. The Balaban J connectivity index is 2.08. The monoisotopic (exact) mass is 267 g/mol. The van der Waals surface area contributed by atoms with Crippen LogP contribution in [0, 0.1) is 0 Å². The zero-order valence-electron chi connectivity index (χ0n) is 9.91. The molecule has 3 nitrogen and oxygen atoms in total. The third-order valence-corrected chi connectivity index (χ3v) is 2.46. The minimum Gasteiger partial charge on any atom is -0.399 e. The molecule has 0 aliphatic heterocycles. The quantitative estimate of drug-likeness (QED) is 0.839. The van der Waals surface area contributed by atoms with Gasteiger partial charge < -0.3 is 11.1 Å². The van der Waals surface area contributed by atoms with Crippen LogP contribution >= 0.6 is 0 Å². The van der Waals surface area contributed by atoms with E-state index in [4.69, 9.17) is 5.73 Å². The van der Waals surface area contributed by atoms with Gasteiger partial charge in [0.05, 0.1) is 0 Å². The van der Waals surface area contributed by atoms with Gasteiger partial charge in [0, 0.05) is 12.2 Å². The van der Waals surface area contributed by atoms with E-state index in [0.29, 0.717) is 12.2 Å². The van der Waals surface area contributed by atoms with Crippen molar-refractivity contribution in [2.24, 2.45) is 0 Å². The average Bonchev–Trinajstić information content (AvgIpc) is 2.36. The summed E-state index contributed by atoms with van der Waals surface area (Å²) >= 11 is 0. The molecule has 0 spiro atoms. The molecule has 2 aromatic rings. The van der Waals surface area contributed by atoms with Crippen LogP contribution in [0.25, 0.3) is 0 Å². The zero-order chi connectivity index (χ0) is 13.9. The number of rotatable bonds is 3. The average molecular weight is 267 g/mol. The van der Waals surface area contributed by atoms with E-state index >= 15 is 0 Å². The van der Waals surface area contributed by atoms with Gasteiger partial charge >= 0.3 is 6.18 Å². The van der Waals surface area contributed by atoms with Crippen LogP contribution in [0.2, 0.25) is 0 Å². The highest BCUT2D eigenvalue weighted by Crippen LogP contribution is 2.28. The number of nitrogens with one attached hydrogen (secondary N) is 1. The molecule has 6 heteroatoms. The summed E-state index contributed by atoms with van der Waals surface area (Å²) < 4.78 is 37.4. The third kappa shape index (κ3) is 3.61. The minimum atomic E-state index is -4.44. The summed E-state index contributed by atoms with van der Waals surface area (Å²) in [7, 11) is 0. The van der Waals surface area contributed by atoms with Gasteiger partial charge in [-0.2, -0.15) is 13.2 Å². The number of nitrogens with two attached hydrogens (primary N) is 1. The number of hydrogen-bond donors (Lipinski definition) is 2. The number of nitrogen functional groups attached to an aromatic ring is 1. The van der Waals surface area contributed by atoms with E-state index in [-0.39, 0.29) is 5.82 Å². The van der Waals surface area contributed by atoms with Gasteiger partial charge in [-0.15, -0.1) is 0 Å². The van der Waals surface area contributed by atoms with Crippen LogP contribution in [0.5, 0.6) is 0 Å². The lowest BCUT2D eigenvalue weighted by Gasteiger charge is -2.09. The van der Waals surface area contributed by atoms with Crippen LogP contribution in [0.1, 0.15) is 11.3 Å². The summed E-state index contributed by atoms with van der Waals surface area (Å²) in [5.74, 6) is 0.178. The Hall–Kier alpha value is -2.24. The Kier molecular flexibility index (Phi) is 3.59. The van der Waals surface area contributed by atoms with Crippen LogP contribution in [0.3, 0.4) is 0 Å². The number of aromatic nitrogens is 1. The highest BCUT2D eigenvalue weighted by Gasteiger charge is 2.32. The van der Waals surface area contributed by atoms with Crippen molar-refractivity contribution in [1.29, 1.82) is 0 Å². The Morgan fingerprint density at radius 2 is 1.84 bits per heavy atom. The fourth-order valence-electron chi connectivity index (χ4n) is 1.59. The van der Waals surface area contributed by atoms with Gasteiger partial charge in [-0.25, -0.2) is 4.98 Å². The van der Waals surface area contributed by atoms with E-state index in [0.717, 1.165) is 11.6 Å². The molecule has 1 aromatic heterocycles. The predicted octanol–water partition coefficient (Wildman–Crippen LogP) is 3.29. The Bertz CT molecular complexity index is 567. The first-order valence-corrected chi connectivity index (χ1v) is 5.58. The van der Waals surface area contributed by atoms with Gasteiger partial charge in [0.2, 0.25) is 0 Å². The number of anilines is 2. The normalized spacial score (nSPS) is 11.3. The van der Waals surface area contributed by atoms with Crippen LogP contribution in [-0.2, 0) is 12.7 Å². The molecule has 0 saturated heterocycles. The fraction of sp³-hybridized carbons (Fsp3) is 0.154. The van der Waals surface area contributed by atoms with Crippen LogP contribution < -0.4 is 11.1 Å². The molecule has 0 bridgehead atoms. The number of hydrogen-bond acceptors (Lipinski definition) is 3. The Labute approximate surface area is 108 Å². The number of halogens is 3. The molecule has 0 aliphatic rings. The van der Waals surface area contributed by atoms with Crippen molar-refractivity contribution in [3.8, 4) is 0 Å². The minimum absolute atomic E-state index is 0.178.